The second-order valence-corrected chi connectivity index (χ2v) is 3.38. The van der Waals surface area contributed by atoms with Crippen LogP contribution in [0.2, 0.25) is 0 Å². The summed E-state index contributed by atoms with van der Waals surface area (Å²) >= 11 is 0. The van der Waals surface area contributed by atoms with Crippen LogP contribution in [-0.2, 0) is 6.42 Å². The maximum Gasteiger partial charge on any atom is 0.163 e. The van der Waals surface area contributed by atoms with Crippen LogP contribution in [0.15, 0.2) is 35.5 Å². The molecule has 1 aromatic rings. The molecule has 1 aromatic carbocycles. The molecule has 0 bridgehead atoms. The highest BCUT2D eigenvalue weighted by molar-refractivity contribution is 5.58. The van der Waals surface area contributed by atoms with E-state index in [2.05, 4.69) is 5.32 Å². The summed E-state index contributed by atoms with van der Waals surface area (Å²) in [6.07, 6.45) is 0.558. The van der Waals surface area contributed by atoms with E-state index in [1.165, 1.54) is 0 Å². The molecule has 0 unspecified atom stereocenters. The molecular weight excluding hydrogens is 228 g/mol. The topological polar surface area (TPSA) is 104 Å². The number of aliphatic hydroxyl groups excluding tert-OH is 1. The van der Waals surface area contributed by atoms with E-state index in [0.717, 1.165) is 5.56 Å². The molecular formula is C13H10N4O. The van der Waals surface area contributed by atoms with Crippen LogP contribution in [0, 0.1) is 34.0 Å². The van der Waals surface area contributed by atoms with Crippen molar-refractivity contribution in [2.75, 3.05) is 11.9 Å². The van der Waals surface area contributed by atoms with Crippen molar-refractivity contribution >= 4 is 5.69 Å². The van der Waals surface area contributed by atoms with Gasteiger partial charge in [-0.15, -0.1) is 0 Å². The average Bonchev–Trinajstić information content (AvgIpc) is 2.41. The highest BCUT2D eigenvalue weighted by Gasteiger charge is 2.05. The number of aliphatic hydroxyl groups is 1. The number of anilines is 1. The van der Waals surface area contributed by atoms with Crippen molar-refractivity contribution in [3.63, 3.8) is 0 Å². The van der Waals surface area contributed by atoms with Gasteiger partial charge in [0.25, 0.3) is 0 Å². The molecule has 2 N–H and O–H groups in total. The van der Waals surface area contributed by atoms with Gasteiger partial charge >= 0.3 is 0 Å². The Morgan fingerprint density at radius 3 is 2.11 bits per heavy atom. The number of nitrogens with one attached hydrogen (secondary N) is 1. The van der Waals surface area contributed by atoms with Gasteiger partial charge in [0.05, 0.1) is 0 Å². The number of benzene rings is 1. The van der Waals surface area contributed by atoms with E-state index >= 15 is 0 Å². The third-order valence-corrected chi connectivity index (χ3v) is 2.21. The van der Waals surface area contributed by atoms with Gasteiger partial charge in [0.15, 0.2) is 5.57 Å². The Balaban J connectivity index is 2.92. The molecule has 18 heavy (non-hydrogen) atoms. The summed E-state index contributed by atoms with van der Waals surface area (Å²) < 4.78 is 0. The molecule has 0 saturated heterocycles. The van der Waals surface area contributed by atoms with Crippen molar-refractivity contribution in [2.24, 2.45) is 0 Å². The Kier molecular flexibility index (Phi) is 4.94. The van der Waals surface area contributed by atoms with Gasteiger partial charge in [-0.2, -0.15) is 15.8 Å². The summed E-state index contributed by atoms with van der Waals surface area (Å²) in [5.41, 5.74) is 1.24. The van der Waals surface area contributed by atoms with Gasteiger partial charge in [-0.25, -0.2) is 0 Å². The summed E-state index contributed by atoms with van der Waals surface area (Å²) in [5, 5.41) is 37.7. The fourth-order valence-electron chi connectivity index (χ4n) is 1.31. The van der Waals surface area contributed by atoms with Crippen LogP contribution in [0.3, 0.4) is 0 Å². The van der Waals surface area contributed by atoms with E-state index in [4.69, 9.17) is 20.9 Å². The summed E-state index contributed by atoms with van der Waals surface area (Å²) in [4.78, 5) is 0. The van der Waals surface area contributed by atoms with Crippen LogP contribution < -0.4 is 5.32 Å². The van der Waals surface area contributed by atoms with E-state index in [-0.39, 0.29) is 17.9 Å². The summed E-state index contributed by atoms with van der Waals surface area (Å²) in [6.45, 7) is 0.0726. The number of rotatable bonds is 4. The molecule has 0 aliphatic rings. The van der Waals surface area contributed by atoms with Crippen LogP contribution >= 0.6 is 0 Å². The largest absolute Gasteiger partial charge is 0.396 e. The second kappa shape index (κ2) is 6.70. The van der Waals surface area contributed by atoms with Gasteiger partial charge < -0.3 is 10.4 Å². The molecule has 5 nitrogen and oxygen atoms in total. The Morgan fingerprint density at radius 1 is 1.06 bits per heavy atom. The van der Waals surface area contributed by atoms with Gasteiger partial charge in [-0.3, -0.25) is 0 Å². The van der Waals surface area contributed by atoms with Crippen molar-refractivity contribution in [2.45, 2.75) is 6.42 Å². The molecule has 5 heteroatoms. The first kappa shape index (κ1) is 13.3. The van der Waals surface area contributed by atoms with Gasteiger partial charge in [0.1, 0.15) is 23.9 Å². The molecule has 0 radical (unpaired) electrons. The number of allylic oxidation sites excluding steroid dienone is 2. The quantitative estimate of drug-likeness (QED) is 0.773. The Morgan fingerprint density at radius 2 is 1.67 bits per heavy atom. The summed E-state index contributed by atoms with van der Waals surface area (Å²) in [5.74, 6) is 0. The smallest absolute Gasteiger partial charge is 0.163 e. The molecule has 0 heterocycles. The molecule has 0 aromatic heterocycles. The van der Waals surface area contributed by atoms with Crippen molar-refractivity contribution in [1.29, 1.82) is 15.8 Å². The number of hydrogen-bond donors (Lipinski definition) is 2. The Bertz CT molecular complexity index is 551. The lowest BCUT2D eigenvalue weighted by molar-refractivity contribution is 0.299. The van der Waals surface area contributed by atoms with Gasteiger partial charge in [0, 0.05) is 12.3 Å². The lowest BCUT2D eigenvalue weighted by atomic mass is 10.1. The predicted octanol–water partition coefficient (Wildman–Crippen LogP) is 1.46. The Labute approximate surface area is 105 Å². The van der Waals surface area contributed by atoms with Crippen LogP contribution in [0.1, 0.15) is 5.56 Å². The van der Waals surface area contributed by atoms with E-state index in [1.54, 1.807) is 42.5 Å². The first-order chi connectivity index (χ1) is 8.74. The maximum atomic E-state index is 8.85. The first-order valence-electron chi connectivity index (χ1n) is 5.16. The summed E-state index contributed by atoms with van der Waals surface area (Å²) in [7, 11) is 0. The zero-order valence-electron chi connectivity index (χ0n) is 9.51. The normalized spacial score (nSPS) is 8.56. The molecule has 0 aliphatic heterocycles. The van der Waals surface area contributed by atoms with E-state index in [0.29, 0.717) is 12.1 Å². The van der Waals surface area contributed by atoms with Crippen LogP contribution in [-0.4, -0.2) is 11.7 Å². The van der Waals surface area contributed by atoms with Crippen molar-refractivity contribution in [1.82, 2.24) is 0 Å². The second-order valence-electron chi connectivity index (χ2n) is 3.38. The van der Waals surface area contributed by atoms with Gasteiger partial charge in [-0.05, 0) is 24.1 Å². The zero-order valence-corrected chi connectivity index (χ0v) is 9.51. The fraction of sp³-hybridized carbons (Fsp3) is 0.154. The third-order valence-electron chi connectivity index (χ3n) is 2.21. The number of nitriles is 3. The van der Waals surface area contributed by atoms with Gasteiger partial charge in [-0.1, -0.05) is 12.1 Å². The number of nitrogens with zero attached hydrogens (tertiary/aromatic N) is 3. The summed E-state index contributed by atoms with van der Waals surface area (Å²) in [6, 6.07) is 12.1. The molecule has 0 atom stereocenters. The van der Waals surface area contributed by atoms with E-state index in [9.17, 15) is 0 Å². The van der Waals surface area contributed by atoms with Crippen molar-refractivity contribution < 1.29 is 5.11 Å². The predicted molar refractivity (Wildman–Crippen MR) is 64.7 cm³/mol. The highest BCUT2D eigenvalue weighted by atomic mass is 16.2. The van der Waals surface area contributed by atoms with E-state index in [1.807, 2.05) is 0 Å². The number of hydrogen-bond acceptors (Lipinski definition) is 5. The molecule has 1 rings (SSSR count). The van der Waals surface area contributed by atoms with Gasteiger partial charge in [0.2, 0.25) is 0 Å². The minimum atomic E-state index is -0.253. The average molecular weight is 238 g/mol. The first-order valence-corrected chi connectivity index (χ1v) is 5.16. The molecule has 88 valence electrons. The standard InChI is InChI=1S/C13H10N4O/c14-7-11(8-15)13(9-16)17-12-3-1-10(2-4-12)5-6-18/h1-4,17-18H,5-6H2. The van der Waals surface area contributed by atoms with Crippen LogP contribution in [0.5, 0.6) is 0 Å². The lowest BCUT2D eigenvalue weighted by Gasteiger charge is -2.05. The minimum absolute atomic E-state index is 0.0726. The Hall–Kier alpha value is -2.81. The fourth-order valence-corrected chi connectivity index (χ4v) is 1.31. The highest BCUT2D eigenvalue weighted by Crippen LogP contribution is 2.13. The molecule has 0 saturated carbocycles. The van der Waals surface area contributed by atoms with Crippen LogP contribution in [0.25, 0.3) is 0 Å². The molecule has 0 spiro atoms. The monoisotopic (exact) mass is 238 g/mol. The minimum Gasteiger partial charge on any atom is -0.396 e. The van der Waals surface area contributed by atoms with Crippen molar-refractivity contribution in [3.8, 4) is 18.2 Å². The molecule has 0 fully saturated rings. The zero-order chi connectivity index (χ0) is 13.4. The maximum absolute atomic E-state index is 8.85. The third kappa shape index (κ3) is 3.35. The van der Waals surface area contributed by atoms with Crippen molar-refractivity contribution in [3.05, 3.63) is 41.1 Å². The lowest BCUT2D eigenvalue weighted by Crippen LogP contribution is -2.00. The molecule has 0 amide bonds. The SMILES string of the molecule is N#CC(C#N)=C(C#N)Nc1ccc(CCO)cc1. The van der Waals surface area contributed by atoms with E-state index < -0.39 is 0 Å². The molecule has 0 aliphatic carbocycles. The van der Waals surface area contributed by atoms with Crippen LogP contribution in [0.4, 0.5) is 5.69 Å².